The summed E-state index contributed by atoms with van der Waals surface area (Å²) in [5, 5.41) is 7.54. The molecule has 3 saturated heterocycles. The van der Waals surface area contributed by atoms with E-state index in [0.29, 0.717) is 54.7 Å². The Morgan fingerprint density at radius 1 is 1.15 bits per heavy atom. The SMILES string of the molecule is Nc1ncnn2c(-c3cncnc3)cc(N3CCC[C@@H](NC(=O)c4sc(C(F)F)cc4N4CC5(COC5)C4)C3)c12. The molecule has 7 heterocycles. The highest BCUT2D eigenvalue weighted by Gasteiger charge is 2.50. The van der Waals surface area contributed by atoms with Gasteiger partial charge in [-0.2, -0.15) is 5.10 Å². The summed E-state index contributed by atoms with van der Waals surface area (Å²) in [6.45, 7) is 4.06. The molecule has 1 atom stereocenters. The van der Waals surface area contributed by atoms with Crippen LogP contribution in [0.4, 0.5) is 26.0 Å². The number of carbonyl (C=O) groups is 1. The molecule has 11 nitrogen and oxygen atoms in total. The van der Waals surface area contributed by atoms with Crippen molar-refractivity contribution in [1.29, 1.82) is 0 Å². The normalized spacial score (nSPS) is 20.1. The van der Waals surface area contributed by atoms with Crippen LogP contribution in [0.3, 0.4) is 0 Å². The van der Waals surface area contributed by atoms with Crippen molar-refractivity contribution in [3.8, 4) is 11.3 Å². The van der Waals surface area contributed by atoms with Gasteiger partial charge in [0.25, 0.3) is 12.3 Å². The molecular formula is C26H27F2N9O2S. The van der Waals surface area contributed by atoms with E-state index in [4.69, 9.17) is 10.5 Å². The first kappa shape index (κ1) is 25.1. The molecular weight excluding hydrogens is 540 g/mol. The Kier molecular flexibility index (Phi) is 6.04. The van der Waals surface area contributed by atoms with E-state index in [1.54, 1.807) is 16.9 Å². The predicted octanol–water partition coefficient (Wildman–Crippen LogP) is 3.00. The van der Waals surface area contributed by atoms with Crippen molar-refractivity contribution in [1.82, 2.24) is 29.9 Å². The zero-order valence-corrected chi connectivity index (χ0v) is 22.3. The third kappa shape index (κ3) is 4.22. The zero-order chi connectivity index (χ0) is 27.4. The van der Waals surface area contributed by atoms with Crippen LogP contribution in [-0.4, -0.2) is 75.9 Å². The Morgan fingerprint density at radius 2 is 1.95 bits per heavy atom. The van der Waals surface area contributed by atoms with Crippen LogP contribution in [0.5, 0.6) is 0 Å². The standard InChI is InChI=1S/C26H27F2N9O2S/c27-23(28)20-5-19(36-9-26(10-36)11-39-12-26)22(40-20)25(38)34-16-2-1-3-35(8-16)18-4-17(15-6-30-13-31-7-15)37-21(18)24(29)32-14-33-37/h4-7,13-14,16,23H,1-3,8-12H2,(H,34,38)(H2,29,32,33)/t16-/m1/s1. The average molecular weight is 568 g/mol. The number of nitrogens with two attached hydrogens (primary N) is 1. The lowest BCUT2D eigenvalue weighted by atomic mass is 9.78. The minimum absolute atomic E-state index is 0.0931. The number of ether oxygens (including phenoxy) is 1. The van der Waals surface area contributed by atoms with E-state index in [1.807, 2.05) is 11.0 Å². The number of aromatic nitrogens is 5. The fourth-order valence-corrected chi connectivity index (χ4v) is 6.84. The number of amides is 1. The molecule has 0 aromatic carbocycles. The van der Waals surface area contributed by atoms with Crippen molar-refractivity contribution in [2.24, 2.45) is 5.41 Å². The average Bonchev–Trinajstić information content (AvgIpc) is 3.52. The number of hydrogen-bond acceptors (Lipinski definition) is 10. The van der Waals surface area contributed by atoms with Crippen LogP contribution in [0.15, 0.2) is 37.2 Å². The molecule has 40 heavy (non-hydrogen) atoms. The second-order valence-electron chi connectivity index (χ2n) is 10.7. The number of nitrogens with one attached hydrogen (secondary N) is 1. The van der Waals surface area contributed by atoms with Gasteiger partial charge >= 0.3 is 0 Å². The predicted molar refractivity (Wildman–Crippen MR) is 146 cm³/mol. The summed E-state index contributed by atoms with van der Waals surface area (Å²) in [6.07, 6.45) is 5.26. The highest BCUT2D eigenvalue weighted by atomic mass is 32.1. The molecule has 14 heteroatoms. The van der Waals surface area contributed by atoms with E-state index in [2.05, 4.69) is 30.3 Å². The summed E-state index contributed by atoms with van der Waals surface area (Å²) in [6, 6.07) is 3.27. The summed E-state index contributed by atoms with van der Waals surface area (Å²) in [5.74, 6) is 0.0162. The third-order valence-corrected chi connectivity index (χ3v) is 9.01. The smallest absolute Gasteiger partial charge is 0.272 e. The van der Waals surface area contributed by atoms with Gasteiger partial charge in [-0.05, 0) is 25.0 Å². The number of nitrogens with zero attached hydrogens (tertiary/aromatic N) is 7. The molecule has 0 aliphatic carbocycles. The largest absolute Gasteiger partial charge is 0.382 e. The summed E-state index contributed by atoms with van der Waals surface area (Å²) < 4.78 is 34.3. The molecule has 0 saturated carbocycles. The van der Waals surface area contributed by atoms with Gasteiger partial charge in [-0.15, -0.1) is 11.3 Å². The lowest BCUT2D eigenvalue weighted by molar-refractivity contribution is -0.127. The number of fused-ring (bicyclic) bond motifs is 1. The van der Waals surface area contributed by atoms with Crippen LogP contribution in [-0.2, 0) is 4.74 Å². The number of anilines is 3. The van der Waals surface area contributed by atoms with Gasteiger partial charge in [0.1, 0.15) is 23.0 Å². The van der Waals surface area contributed by atoms with Gasteiger partial charge < -0.3 is 25.6 Å². The van der Waals surface area contributed by atoms with Crippen molar-refractivity contribution < 1.29 is 18.3 Å². The number of alkyl halides is 2. The minimum atomic E-state index is -2.63. The number of thiophene rings is 1. The summed E-state index contributed by atoms with van der Waals surface area (Å²) in [5.41, 5.74) is 10.1. The van der Waals surface area contributed by atoms with Gasteiger partial charge in [0.15, 0.2) is 5.82 Å². The highest BCUT2D eigenvalue weighted by molar-refractivity contribution is 7.14. The molecule has 4 aromatic heterocycles. The van der Waals surface area contributed by atoms with Crippen LogP contribution in [0.2, 0.25) is 0 Å². The molecule has 0 radical (unpaired) electrons. The molecule has 3 aliphatic heterocycles. The van der Waals surface area contributed by atoms with Gasteiger partial charge in [0, 0.05) is 50.2 Å². The lowest BCUT2D eigenvalue weighted by Gasteiger charge is -2.56. The van der Waals surface area contributed by atoms with E-state index in [9.17, 15) is 13.6 Å². The van der Waals surface area contributed by atoms with Crippen molar-refractivity contribution in [2.75, 3.05) is 54.9 Å². The molecule has 1 spiro atoms. The van der Waals surface area contributed by atoms with Gasteiger partial charge in [-0.3, -0.25) is 4.79 Å². The molecule has 7 rings (SSSR count). The van der Waals surface area contributed by atoms with Crippen LogP contribution in [0, 0.1) is 5.41 Å². The number of halogens is 2. The number of carbonyl (C=O) groups excluding carboxylic acids is 1. The van der Waals surface area contributed by atoms with E-state index >= 15 is 0 Å². The molecule has 0 bridgehead atoms. The topological polar surface area (TPSA) is 127 Å². The van der Waals surface area contributed by atoms with Crippen LogP contribution in [0.25, 0.3) is 16.8 Å². The van der Waals surface area contributed by atoms with E-state index in [1.165, 1.54) is 18.7 Å². The number of rotatable bonds is 6. The fourth-order valence-electron chi connectivity index (χ4n) is 5.90. The van der Waals surface area contributed by atoms with Crippen LogP contribution >= 0.6 is 11.3 Å². The maximum absolute atomic E-state index is 13.6. The molecule has 208 valence electrons. The molecule has 3 N–H and O–H groups in total. The van der Waals surface area contributed by atoms with Gasteiger partial charge in [-0.1, -0.05) is 0 Å². The maximum atomic E-state index is 13.6. The highest BCUT2D eigenvalue weighted by Crippen LogP contribution is 2.45. The Labute approximate surface area is 232 Å². The Hall–Kier alpha value is -3.91. The van der Waals surface area contributed by atoms with Crippen molar-refractivity contribution >= 4 is 40.0 Å². The van der Waals surface area contributed by atoms with Gasteiger partial charge in [0.2, 0.25) is 0 Å². The monoisotopic (exact) mass is 567 g/mol. The molecule has 1 amide bonds. The number of nitrogen functional groups attached to an aromatic ring is 1. The Bertz CT molecular complexity index is 1570. The Morgan fingerprint density at radius 3 is 2.67 bits per heavy atom. The van der Waals surface area contributed by atoms with Crippen molar-refractivity contribution in [3.05, 3.63) is 46.9 Å². The molecule has 3 fully saturated rings. The quantitative estimate of drug-likeness (QED) is 0.362. The lowest BCUT2D eigenvalue weighted by Crippen LogP contribution is -2.66. The van der Waals surface area contributed by atoms with Crippen molar-refractivity contribution in [3.63, 3.8) is 0 Å². The number of piperidine rings is 1. The summed E-state index contributed by atoms with van der Waals surface area (Å²) >= 11 is 0.873. The van der Waals surface area contributed by atoms with E-state index < -0.39 is 6.43 Å². The summed E-state index contributed by atoms with van der Waals surface area (Å²) in [4.78, 5) is 30.4. The number of hydrogen-bond donors (Lipinski definition) is 2. The second-order valence-corrected chi connectivity index (χ2v) is 11.8. The molecule has 3 aliphatic rings. The third-order valence-electron chi connectivity index (χ3n) is 7.88. The zero-order valence-electron chi connectivity index (χ0n) is 21.5. The molecule has 0 unspecified atom stereocenters. The molecule has 4 aromatic rings. The first-order valence-corrected chi connectivity index (χ1v) is 13.9. The van der Waals surface area contributed by atoms with Gasteiger partial charge in [0.05, 0.1) is 40.6 Å². The first-order chi connectivity index (χ1) is 19.4. The van der Waals surface area contributed by atoms with E-state index in [0.717, 1.165) is 47.7 Å². The van der Waals surface area contributed by atoms with E-state index in [-0.39, 0.29) is 22.2 Å². The fraction of sp³-hybridized carbons (Fsp3) is 0.423. The van der Waals surface area contributed by atoms with Crippen LogP contribution < -0.4 is 20.9 Å². The summed E-state index contributed by atoms with van der Waals surface area (Å²) in [7, 11) is 0. The minimum Gasteiger partial charge on any atom is -0.382 e. The van der Waals surface area contributed by atoms with Crippen LogP contribution in [0.1, 0.15) is 33.8 Å². The Balaban J connectivity index is 1.13. The maximum Gasteiger partial charge on any atom is 0.272 e. The first-order valence-electron chi connectivity index (χ1n) is 13.1. The van der Waals surface area contributed by atoms with Crippen molar-refractivity contribution in [2.45, 2.75) is 25.3 Å². The second kappa shape index (κ2) is 9.63. The van der Waals surface area contributed by atoms with Gasteiger partial charge in [-0.25, -0.2) is 28.2 Å².